The van der Waals surface area contributed by atoms with Gasteiger partial charge in [0.2, 0.25) is 11.8 Å². The number of benzene rings is 2. The van der Waals surface area contributed by atoms with Gasteiger partial charge in [-0.2, -0.15) is 5.26 Å². The molecular weight excluding hydrogens is 565 g/mol. The number of likely N-dealkylation sites (tertiary alicyclic amines) is 1. The number of amides is 3. The molecule has 1 saturated heterocycles. The van der Waals surface area contributed by atoms with Crippen LogP contribution >= 0.6 is 11.6 Å². The largest absolute Gasteiger partial charge is 0.444 e. The Kier molecular flexibility index (Phi) is 8.99. The molecule has 42 heavy (non-hydrogen) atoms. The van der Waals surface area contributed by atoms with Gasteiger partial charge in [-0.1, -0.05) is 17.7 Å². The summed E-state index contributed by atoms with van der Waals surface area (Å²) < 4.78 is 20.2. The second-order valence-corrected chi connectivity index (χ2v) is 12.2. The van der Waals surface area contributed by atoms with Crippen molar-refractivity contribution < 1.29 is 28.6 Å². The van der Waals surface area contributed by atoms with Crippen LogP contribution in [-0.2, 0) is 20.7 Å². The van der Waals surface area contributed by atoms with Gasteiger partial charge in [-0.25, -0.2) is 9.18 Å². The molecule has 2 atom stereocenters. The molecule has 2 aliphatic rings. The van der Waals surface area contributed by atoms with Crippen LogP contribution in [0.2, 0.25) is 5.02 Å². The minimum absolute atomic E-state index is 0.0293. The standard InChI is InChI=1S/C30H35ClFN5O5/c1-18-22-6-5-21(31)11-19(22)7-9-37(18)27(39)16-34-25-13-24(20(15-33)12-23(25)32)35-26(38)14-30(41)8-10-36(17-30)28(40)42-29(2,3)4/h5-6,11-13,18,34,41H,7-10,14,16-17H2,1-4H3,(H,35,38)/t18-,30?/m0/s1. The number of nitriles is 1. The van der Waals surface area contributed by atoms with Crippen LogP contribution < -0.4 is 10.6 Å². The van der Waals surface area contributed by atoms with Gasteiger partial charge in [0.05, 0.1) is 48.1 Å². The number of ether oxygens (including phenoxy) is 1. The van der Waals surface area contributed by atoms with Crippen LogP contribution in [0.15, 0.2) is 30.3 Å². The van der Waals surface area contributed by atoms with Crippen LogP contribution in [-0.4, -0.2) is 70.2 Å². The highest BCUT2D eigenvalue weighted by atomic mass is 35.5. The topological polar surface area (TPSA) is 135 Å². The Bertz CT molecular complexity index is 1440. The fourth-order valence-electron chi connectivity index (χ4n) is 5.29. The number of halogens is 2. The smallest absolute Gasteiger partial charge is 0.410 e. The van der Waals surface area contributed by atoms with Crippen LogP contribution in [0, 0.1) is 17.1 Å². The molecule has 0 bridgehead atoms. The van der Waals surface area contributed by atoms with E-state index in [0.717, 1.165) is 17.2 Å². The number of β-amino-alcohol motifs (C(OH)–C–C–N with tert-alkyl or cyclic N) is 1. The first kappa shape index (κ1) is 31.1. The second kappa shape index (κ2) is 12.2. The number of rotatable bonds is 6. The highest BCUT2D eigenvalue weighted by Crippen LogP contribution is 2.32. The number of nitrogens with zero attached hydrogens (tertiary/aromatic N) is 3. The van der Waals surface area contributed by atoms with E-state index in [4.69, 9.17) is 16.3 Å². The quantitative estimate of drug-likeness (QED) is 0.441. The highest BCUT2D eigenvalue weighted by molar-refractivity contribution is 6.30. The molecule has 4 rings (SSSR count). The monoisotopic (exact) mass is 599 g/mol. The van der Waals surface area contributed by atoms with Crippen LogP contribution in [0.3, 0.4) is 0 Å². The first-order valence-electron chi connectivity index (χ1n) is 13.7. The molecule has 10 nitrogen and oxygen atoms in total. The number of hydrogen-bond acceptors (Lipinski definition) is 7. The number of aliphatic hydroxyl groups is 1. The summed E-state index contributed by atoms with van der Waals surface area (Å²) in [5.41, 5.74) is -0.250. The predicted molar refractivity (Wildman–Crippen MR) is 156 cm³/mol. The van der Waals surface area contributed by atoms with Gasteiger partial charge in [0, 0.05) is 18.1 Å². The minimum atomic E-state index is -1.49. The fourth-order valence-corrected chi connectivity index (χ4v) is 5.49. The number of carbonyl (C=O) groups is 3. The number of carbonyl (C=O) groups excluding carboxylic acids is 3. The third-order valence-corrected chi connectivity index (χ3v) is 7.61. The van der Waals surface area contributed by atoms with Crippen LogP contribution in [0.5, 0.6) is 0 Å². The lowest BCUT2D eigenvalue weighted by atomic mass is 9.93. The molecule has 0 saturated carbocycles. The Balaban J connectivity index is 1.39. The zero-order valence-corrected chi connectivity index (χ0v) is 24.8. The van der Waals surface area contributed by atoms with Gasteiger partial charge in [0.1, 0.15) is 17.5 Å². The van der Waals surface area contributed by atoms with E-state index in [1.807, 2.05) is 25.1 Å². The molecule has 0 aliphatic carbocycles. The fraction of sp³-hybridized carbons (Fsp3) is 0.467. The van der Waals surface area contributed by atoms with Gasteiger partial charge < -0.3 is 30.3 Å². The van der Waals surface area contributed by atoms with Gasteiger partial charge in [-0.15, -0.1) is 0 Å². The summed E-state index contributed by atoms with van der Waals surface area (Å²) in [6.07, 6.45) is -0.123. The molecule has 0 aromatic heterocycles. The first-order valence-corrected chi connectivity index (χ1v) is 14.1. The SMILES string of the molecule is C[C@H]1c2ccc(Cl)cc2CCN1C(=O)CNc1cc(NC(=O)CC2(O)CCN(C(=O)OC(C)(C)C)C2)c(C#N)cc1F. The predicted octanol–water partition coefficient (Wildman–Crippen LogP) is 4.61. The lowest BCUT2D eigenvalue weighted by Gasteiger charge is -2.35. The number of fused-ring (bicyclic) bond motifs is 1. The molecule has 1 fully saturated rings. The van der Waals surface area contributed by atoms with Crippen molar-refractivity contribution in [3.8, 4) is 6.07 Å². The molecule has 224 valence electrons. The molecule has 1 unspecified atom stereocenters. The molecule has 2 aromatic rings. The van der Waals surface area contributed by atoms with Gasteiger partial charge in [0.25, 0.3) is 0 Å². The third kappa shape index (κ3) is 7.30. The summed E-state index contributed by atoms with van der Waals surface area (Å²) in [4.78, 5) is 41.3. The van der Waals surface area contributed by atoms with Crippen molar-refractivity contribution in [2.45, 2.75) is 64.2 Å². The van der Waals surface area contributed by atoms with Crippen molar-refractivity contribution in [2.75, 3.05) is 36.8 Å². The summed E-state index contributed by atoms with van der Waals surface area (Å²) in [7, 11) is 0. The highest BCUT2D eigenvalue weighted by Gasteiger charge is 2.41. The summed E-state index contributed by atoms with van der Waals surface area (Å²) in [6, 6.07) is 9.48. The zero-order valence-electron chi connectivity index (χ0n) is 24.1. The van der Waals surface area contributed by atoms with Crippen molar-refractivity contribution in [1.29, 1.82) is 5.26 Å². The Labute approximate surface area is 249 Å². The normalized spacial score (nSPS) is 20.0. The van der Waals surface area contributed by atoms with Crippen molar-refractivity contribution in [3.05, 3.63) is 57.9 Å². The summed E-state index contributed by atoms with van der Waals surface area (Å²) in [6.45, 7) is 7.53. The lowest BCUT2D eigenvalue weighted by Crippen LogP contribution is -2.41. The maximum atomic E-state index is 14.8. The van der Waals surface area contributed by atoms with Crippen molar-refractivity contribution >= 4 is 40.9 Å². The Morgan fingerprint density at radius 3 is 2.64 bits per heavy atom. The molecule has 2 aromatic carbocycles. The minimum Gasteiger partial charge on any atom is -0.444 e. The molecule has 2 aliphatic heterocycles. The average Bonchev–Trinajstić information content (AvgIpc) is 3.29. The molecular formula is C30H35ClFN5O5. The average molecular weight is 600 g/mol. The summed E-state index contributed by atoms with van der Waals surface area (Å²) in [5, 5.41) is 26.5. The van der Waals surface area contributed by atoms with Crippen molar-refractivity contribution in [1.82, 2.24) is 9.80 Å². The van der Waals surface area contributed by atoms with E-state index in [1.54, 1.807) is 31.7 Å². The van der Waals surface area contributed by atoms with E-state index in [9.17, 15) is 29.1 Å². The molecule has 12 heteroatoms. The van der Waals surface area contributed by atoms with Gasteiger partial charge in [0.15, 0.2) is 0 Å². The van der Waals surface area contributed by atoms with Crippen molar-refractivity contribution in [2.24, 2.45) is 0 Å². The van der Waals surface area contributed by atoms with Crippen LogP contribution in [0.4, 0.5) is 20.6 Å². The Morgan fingerprint density at radius 2 is 1.95 bits per heavy atom. The number of nitrogens with one attached hydrogen (secondary N) is 2. The van der Waals surface area contributed by atoms with Crippen molar-refractivity contribution in [3.63, 3.8) is 0 Å². The van der Waals surface area contributed by atoms with Crippen LogP contribution in [0.25, 0.3) is 0 Å². The molecule has 0 spiro atoms. The Morgan fingerprint density at radius 1 is 1.21 bits per heavy atom. The maximum Gasteiger partial charge on any atom is 0.410 e. The van der Waals surface area contributed by atoms with Gasteiger partial charge >= 0.3 is 6.09 Å². The Hall–Kier alpha value is -3.88. The molecule has 3 N–H and O–H groups in total. The summed E-state index contributed by atoms with van der Waals surface area (Å²) in [5.74, 6) is -1.61. The van der Waals surface area contributed by atoms with Crippen LogP contribution in [0.1, 0.15) is 63.3 Å². The second-order valence-electron chi connectivity index (χ2n) is 11.8. The third-order valence-electron chi connectivity index (χ3n) is 7.37. The van der Waals surface area contributed by atoms with Gasteiger partial charge in [-0.3, -0.25) is 9.59 Å². The van der Waals surface area contributed by atoms with E-state index in [1.165, 1.54) is 11.0 Å². The maximum absolute atomic E-state index is 14.8. The van der Waals surface area contributed by atoms with E-state index in [0.29, 0.717) is 18.0 Å². The van der Waals surface area contributed by atoms with E-state index in [2.05, 4.69) is 10.6 Å². The van der Waals surface area contributed by atoms with E-state index in [-0.39, 0.29) is 61.4 Å². The molecule has 2 heterocycles. The van der Waals surface area contributed by atoms with Gasteiger partial charge in [-0.05, 0) is 75.9 Å². The number of hydrogen-bond donors (Lipinski definition) is 3. The van der Waals surface area contributed by atoms with E-state index >= 15 is 0 Å². The summed E-state index contributed by atoms with van der Waals surface area (Å²) >= 11 is 6.10. The zero-order chi connectivity index (χ0) is 30.8. The first-order chi connectivity index (χ1) is 19.7. The molecule has 0 radical (unpaired) electrons. The number of anilines is 2. The van der Waals surface area contributed by atoms with E-state index < -0.39 is 29.0 Å². The molecule has 3 amide bonds. The lowest BCUT2D eigenvalue weighted by molar-refractivity contribution is -0.131.